The molecule has 1 aromatic carbocycles. The molecule has 0 aliphatic carbocycles. The van der Waals surface area contributed by atoms with E-state index in [1.165, 1.54) is 4.57 Å². The van der Waals surface area contributed by atoms with E-state index in [1.807, 2.05) is 0 Å². The minimum atomic E-state index is -0.424. The number of carbonyl (C=O) groups is 1. The lowest BCUT2D eigenvalue weighted by Gasteiger charge is -2.08. The minimum absolute atomic E-state index is 0.196. The van der Waals surface area contributed by atoms with Crippen molar-refractivity contribution in [2.24, 2.45) is 0 Å². The average molecular weight is 331 g/mol. The van der Waals surface area contributed by atoms with Gasteiger partial charge in [-0.1, -0.05) is 33.1 Å². The Morgan fingerprint density at radius 2 is 1.88 bits per heavy atom. The van der Waals surface area contributed by atoms with Crippen molar-refractivity contribution >= 4 is 16.8 Å². The summed E-state index contributed by atoms with van der Waals surface area (Å²) in [6.07, 6.45) is 4.71. The van der Waals surface area contributed by atoms with E-state index >= 15 is 0 Å². The summed E-state index contributed by atoms with van der Waals surface area (Å²) in [6.45, 7) is 5.15. The smallest absolute Gasteiger partial charge is 0.328 e. The lowest BCUT2D eigenvalue weighted by atomic mass is 10.1. The number of amides is 1. The molecular weight excluding hydrogens is 306 g/mol. The van der Waals surface area contributed by atoms with Crippen LogP contribution in [-0.4, -0.2) is 22.0 Å². The Morgan fingerprint density at radius 1 is 1.12 bits per heavy atom. The highest BCUT2D eigenvalue weighted by Gasteiger charge is 2.11. The van der Waals surface area contributed by atoms with Gasteiger partial charge in [0.05, 0.1) is 10.9 Å². The van der Waals surface area contributed by atoms with Gasteiger partial charge in [-0.3, -0.25) is 14.2 Å². The van der Waals surface area contributed by atoms with Crippen LogP contribution >= 0.6 is 0 Å². The maximum Gasteiger partial charge on any atom is 0.328 e. The summed E-state index contributed by atoms with van der Waals surface area (Å²) in [5.74, 6) is -0.196. The van der Waals surface area contributed by atoms with Gasteiger partial charge in [0.25, 0.3) is 11.5 Å². The summed E-state index contributed by atoms with van der Waals surface area (Å²) < 4.78 is 1.24. The van der Waals surface area contributed by atoms with Gasteiger partial charge < -0.3 is 10.3 Å². The molecule has 1 heterocycles. The maximum atomic E-state index is 12.5. The summed E-state index contributed by atoms with van der Waals surface area (Å²) >= 11 is 0. The molecule has 6 heteroatoms. The summed E-state index contributed by atoms with van der Waals surface area (Å²) in [5, 5.41) is 3.25. The molecule has 1 aromatic heterocycles. The fourth-order valence-electron chi connectivity index (χ4n) is 2.60. The molecule has 0 aliphatic rings. The highest BCUT2D eigenvalue weighted by atomic mass is 16.2. The van der Waals surface area contributed by atoms with Gasteiger partial charge in [-0.25, -0.2) is 4.79 Å². The molecule has 2 rings (SSSR count). The highest BCUT2D eigenvalue weighted by Crippen LogP contribution is 2.09. The molecule has 0 aliphatic heterocycles. The van der Waals surface area contributed by atoms with Crippen LogP contribution < -0.4 is 16.6 Å². The van der Waals surface area contributed by atoms with Crippen molar-refractivity contribution in [1.29, 1.82) is 0 Å². The van der Waals surface area contributed by atoms with Crippen molar-refractivity contribution in [2.75, 3.05) is 6.54 Å². The van der Waals surface area contributed by atoms with Crippen LogP contribution in [0.4, 0.5) is 0 Å². The van der Waals surface area contributed by atoms with E-state index in [1.54, 1.807) is 18.2 Å². The maximum absolute atomic E-state index is 12.5. The van der Waals surface area contributed by atoms with E-state index in [9.17, 15) is 14.4 Å². The predicted molar refractivity (Wildman–Crippen MR) is 95.6 cm³/mol. The number of fused-ring (bicyclic) bond motifs is 1. The molecule has 0 atom stereocenters. The van der Waals surface area contributed by atoms with E-state index in [4.69, 9.17) is 0 Å². The van der Waals surface area contributed by atoms with E-state index in [-0.39, 0.29) is 11.5 Å². The van der Waals surface area contributed by atoms with Gasteiger partial charge in [0.15, 0.2) is 0 Å². The van der Waals surface area contributed by atoms with Crippen molar-refractivity contribution in [2.45, 2.75) is 52.5 Å². The molecule has 130 valence electrons. The first kappa shape index (κ1) is 18.0. The second-order valence-corrected chi connectivity index (χ2v) is 5.96. The Kier molecular flexibility index (Phi) is 6.35. The molecule has 0 radical (unpaired) electrons. The van der Waals surface area contributed by atoms with Crippen molar-refractivity contribution in [3.63, 3.8) is 0 Å². The molecule has 0 spiro atoms. The second kappa shape index (κ2) is 8.47. The zero-order valence-electron chi connectivity index (χ0n) is 14.4. The van der Waals surface area contributed by atoms with Crippen molar-refractivity contribution in [1.82, 2.24) is 14.9 Å². The van der Waals surface area contributed by atoms with Gasteiger partial charge >= 0.3 is 5.69 Å². The molecule has 0 unspecified atom stereocenters. The van der Waals surface area contributed by atoms with Crippen LogP contribution in [0.2, 0.25) is 0 Å². The number of hydrogen-bond acceptors (Lipinski definition) is 3. The number of nitrogens with zero attached hydrogens (tertiary/aromatic N) is 1. The molecule has 1 amide bonds. The number of rotatable bonds is 8. The lowest BCUT2D eigenvalue weighted by Crippen LogP contribution is -2.35. The first-order valence-electron chi connectivity index (χ1n) is 8.63. The number of aromatic nitrogens is 2. The monoisotopic (exact) mass is 331 g/mol. The summed E-state index contributed by atoms with van der Waals surface area (Å²) in [4.78, 5) is 39.4. The third kappa shape index (κ3) is 4.13. The molecule has 2 aromatic rings. The SMILES string of the molecule is CCCCCn1c(=O)[nH]c2cc(C(=O)NCCCC)ccc2c1=O. The van der Waals surface area contributed by atoms with Gasteiger partial charge in [-0.15, -0.1) is 0 Å². The number of nitrogens with one attached hydrogen (secondary N) is 2. The Balaban J connectivity index is 2.31. The van der Waals surface area contributed by atoms with E-state index < -0.39 is 5.69 Å². The minimum Gasteiger partial charge on any atom is -0.352 e. The zero-order valence-corrected chi connectivity index (χ0v) is 14.4. The Hall–Kier alpha value is -2.37. The van der Waals surface area contributed by atoms with Gasteiger partial charge in [0, 0.05) is 18.7 Å². The van der Waals surface area contributed by atoms with Gasteiger partial charge in [0.1, 0.15) is 0 Å². The second-order valence-electron chi connectivity index (χ2n) is 5.96. The van der Waals surface area contributed by atoms with Crippen molar-refractivity contribution in [3.8, 4) is 0 Å². The first-order valence-corrected chi connectivity index (χ1v) is 8.63. The van der Waals surface area contributed by atoms with Crippen LogP contribution in [0.3, 0.4) is 0 Å². The molecule has 0 saturated heterocycles. The fourth-order valence-corrected chi connectivity index (χ4v) is 2.60. The quantitative estimate of drug-likeness (QED) is 0.729. The molecule has 6 nitrogen and oxygen atoms in total. The molecule has 2 N–H and O–H groups in total. The number of carbonyl (C=O) groups excluding carboxylic acids is 1. The van der Waals surface area contributed by atoms with Crippen LogP contribution in [0.1, 0.15) is 56.3 Å². The van der Waals surface area contributed by atoms with Gasteiger partial charge in [-0.05, 0) is 31.0 Å². The van der Waals surface area contributed by atoms with Crippen molar-refractivity contribution in [3.05, 3.63) is 44.6 Å². The zero-order chi connectivity index (χ0) is 17.5. The average Bonchev–Trinajstić information content (AvgIpc) is 2.57. The summed E-state index contributed by atoms with van der Waals surface area (Å²) in [6, 6.07) is 4.80. The van der Waals surface area contributed by atoms with Crippen LogP contribution in [0.5, 0.6) is 0 Å². The van der Waals surface area contributed by atoms with Crippen LogP contribution in [0, 0.1) is 0 Å². The van der Waals surface area contributed by atoms with E-state index in [0.717, 1.165) is 32.1 Å². The fraction of sp³-hybridized carbons (Fsp3) is 0.500. The normalized spacial score (nSPS) is 10.9. The standard InChI is InChI=1S/C18H25N3O3/c1-3-5-7-11-21-17(23)14-9-8-13(12-15(14)20-18(21)24)16(22)19-10-6-4-2/h8-9,12H,3-7,10-11H2,1-2H3,(H,19,22)(H,20,24). The molecule has 24 heavy (non-hydrogen) atoms. The highest BCUT2D eigenvalue weighted by molar-refractivity contribution is 5.97. The Morgan fingerprint density at radius 3 is 2.58 bits per heavy atom. The van der Waals surface area contributed by atoms with Crippen LogP contribution in [0.25, 0.3) is 10.9 Å². The Labute approximate surface area is 140 Å². The third-order valence-electron chi connectivity index (χ3n) is 4.05. The first-order chi connectivity index (χ1) is 11.6. The number of benzene rings is 1. The third-order valence-corrected chi connectivity index (χ3v) is 4.05. The number of H-pyrrole nitrogens is 1. The molecule has 0 fully saturated rings. The van der Waals surface area contributed by atoms with E-state index in [0.29, 0.717) is 29.6 Å². The number of hydrogen-bond donors (Lipinski definition) is 2. The predicted octanol–water partition coefficient (Wildman–Crippen LogP) is 2.41. The summed E-state index contributed by atoms with van der Waals surface area (Å²) in [5.41, 5.74) is 0.118. The molecule has 0 bridgehead atoms. The molecular formula is C18H25N3O3. The van der Waals surface area contributed by atoms with Crippen LogP contribution in [-0.2, 0) is 6.54 Å². The molecule has 0 saturated carbocycles. The van der Waals surface area contributed by atoms with Gasteiger partial charge in [0.2, 0.25) is 0 Å². The summed E-state index contributed by atoms with van der Waals surface area (Å²) in [7, 11) is 0. The Bertz CT molecular complexity index is 820. The van der Waals surface area contributed by atoms with Crippen LogP contribution in [0.15, 0.2) is 27.8 Å². The van der Waals surface area contributed by atoms with Gasteiger partial charge in [-0.2, -0.15) is 0 Å². The number of aromatic amines is 1. The van der Waals surface area contributed by atoms with E-state index in [2.05, 4.69) is 24.1 Å². The number of unbranched alkanes of at least 4 members (excludes halogenated alkanes) is 3. The topological polar surface area (TPSA) is 84.0 Å². The largest absolute Gasteiger partial charge is 0.352 e. The lowest BCUT2D eigenvalue weighted by molar-refractivity contribution is 0.0953. The van der Waals surface area contributed by atoms with Crippen molar-refractivity contribution < 1.29 is 4.79 Å².